The van der Waals surface area contributed by atoms with Gasteiger partial charge in [-0.25, -0.2) is 4.39 Å². The Hall–Kier alpha value is -2.86. The molecule has 0 radical (unpaired) electrons. The van der Waals surface area contributed by atoms with Crippen molar-refractivity contribution in [2.24, 2.45) is 0 Å². The lowest BCUT2D eigenvalue weighted by atomic mass is 10.1. The highest BCUT2D eigenvalue weighted by Gasteiger charge is 2.15. The molecule has 5 nitrogen and oxygen atoms in total. The van der Waals surface area contributed by atoms with Crippen molar-refractivity contribution in [3.05, 3.63) is 59.0 Å². The highest BCUT2D eigenvalue weighted by molar-refractivity contribution is 6.07. The monoisotopic (exact) mass is 355 g/mol. The number of methoxy groups -OCH3 is 1. The fraction of sp³-hybridized carbons (Fsp3) is 0.250. The lowest BCUT2D eigenvalue weighted by molar-refractivity contribution is 0.102. The number of nitrogens with two attached hydrogens (primary N) is 1. The Morgan fingerprint density at radius 2 is 2.00 bits per heavy atom. The molecule has 0 aliphatic carbocycles. The van der Waals surface area contributed by atoms with E-state index in [0.717, 1.165) is 28.7 Å². The summed E-state index contributed by atoms with van der Waals surface area (Å²) in [4.78, 5) is 12.6. The summed E-state index contributed by atoms with van der Waals surface area (Å²) >= 11 is 0. The van der Waals surface area contributed by atoms with Gasteiger partial charge in [-0.3, -0.25) is 4.79 Å². The molecular formula is C20H22FN3O2. The van der Waals surface area contributed by atoms with Crippen molar-refractivity contribution in [2.75, 3.05) is 24.8 Å². The van der Waals surface area contributed by atoms with Crippen molar-refractivity contribution >= 4 is 28.2 Å². The minimum absolute atomic E-state index is 0.265. The van der Waals surface area contributed by atoms with Crippen LogP contribution >= 0.6 is 0 Å². The minimum atomic E-state index is -0.452. The van der Waals surface area contributed by atoms with Gasteiger partial charge in [-0.15, -0.1) is 0 Å². The Kier molecular flexibility index (Phi) is 4.95. The molecule has 1 aromatic heterocycles. The SMILES string of the molecule is COCCn1c(C)c(C)c2cc(C(=O)Nc3cc(F)ccc3N)ccc21. The molecule has 3 N–H and O–H groups in total. The summed E-state index contributed by atoms with van der Waals surface area (Å²) in [6, 6.07) is 9.43. The molecule has 0 unspecified atom stereocenters. The van der Waals surface area contributed by atoms with E-state index >= 15 is 0 Å². The lowest BCUT2D eigenvalue weighted by Crippen LogP contribution is -2.13. The maximum Gasteiger partial charge on any atom is 0.255 e. The second-order valence-electron chi connectivity index (χ2n) is 6.27. The van der Waals surface area contributed by atoms with Crippen LogP contribution in [-0.4, -0.2) is 24.2 Å². The zero-order chi connectivity index (χ0) is 18.8. The van der Waals surface area contributed by atoms with Crippen molar-refractivity contribution in [2.45, 2.75) is 20.4 Å². The first kappa shape index (κ1) is 17.9. The van der Waals surface area contributed by atoms with Crippen molar-refractivity contribution in [3.63, 3.8) is 0 Å². The number of fused-ring (bicyclic) bond motifs is 1. The fourth-order valence-corrected chi connectivity index (χ4v) is 3.09. The number of nitrogens with zero attached hydrogens (tertiary/aromatic N) is 1. The summed E-state index contributed by atoms with van der Waals surface area (Å²) in [6.45, 7) is 5.45. The molecule has 0 bridgehead atoms. The summed E-state index contributed by atoms with van der Waals surface area (Å²) in [6.07, 6.45) is 0. The van der Waals surface area contributed by atoms with E-state index in [4.69, 9.17) is 10.5 Å². The largest absolute Gasteiger partial charge is 0.397 e. The molecule has 0 atom stereocenters. The predicted octanol–water partition coefficient (Wildman–Crippen LogP) is 3.88. The molecule has 0 spiro atoms. The molecule has 1 heterocycles. The van der Waals surface area contributed by atoms with Gasteiger partial charge in [0.1, 0.15) is 5.82 Å². The number of amides is 1. The van der Waals surface area contributed by atoms with Gasteiger partial charge < -0.3 is 20.4 Å². The number of hydrogen-bond acceptors (Lipinski definition) is 3. The Morgan fingerprint density at radius 3 is 2.73 bits per heavy atom. The highest BCUT2D eigenvalue weighted by atomic mass is 19.1. The van der Waals surface area contributed by atoms with E-state index in [-0.39, 0.29) is 11.6 Å². The molecule has 1 amide bonds. The zero-order valence-corrected chi connectivity index (χ0v) is 15.1. The van der Waals surface area contributed by atoms with Gasteiger partial charge in [0, 0.05) is 35.8 Å². The number of nitrogen functional groups attached to an aromatic ring is 1. The van der Waals surface area contributed by atoms with Crippen LogP contribution in [0.5, 0.6) is 0 Å². The number of aromatic nitrogens is 1. The molecule has 3 rings (SSSR count). The van der Waals surface area contributed by atoms with Crippen LogP contribution in [0.15, 0.2) is 36.4 Å². The van der Waals surface area contributed by atoms with Gasteiger partial charge in [0.25, 0.3) is 5.91 Å². The lowest BCUT2D eigenvalue weighted by Gasteiger charge is -2.09. The number of aryl methyl sites for hydroxylation is 1. The quantitative estimate of drug-likeness (QED) is 0.683. The first-order valence-electron chi connectivity index (χ1n) is 8.37. The molecule has 26 heavy (non-hydrogen) atoms. The molecule has 0 saturated carbocycles. The summed E-state index contributed by atoms with van der Waals surface area (Å²) in [5.41, 5.74) is 10.2. The van der Waals surface area contributed by atoms with Crippen LogP contribution in [0.4, 0.5) is 15.8 Å². The normalized spacial score (nSPS) is 11.1. The van der Waals surface area contributed by atoms with E-state index in [1.165, 1.54) is 18.2 Å². The van der Waals surface area contributed by atoms with Crippen LogP contribution in [-0.2, 0) is 11.3 Å². The Labute approximate surface area is 151 Å². The number of halogens is 1. The van der Waals surface area contributed by atoms with Gasteiger partial charge in [0.2, 0.25) is 0 Å². The van der Waals surface area contributed by atoms with Crippen LogP contribution in [0.1, 0.15) is 21.6 Å². The molecule has 0 aliphatic heterocycles. The molecule has 2 aromatic carbocycles. The van der Waals surface area contributed by atoms with Crippen molar-refractivity contribution in [1.29, 1.82) is 0 Å². The molecule has 0 saturated heterocycles. The van der Waals surface area contributed by atoms with Gasteiger partial charge in [0.15, 0.2) is 0 Å². The van der Waals surface area contributed by atoms with E-state index in [2.05, 4.69) is 16.8 Å². The maximum atomic E-state index is 13.4. The Bertz CT molecular complexity index is 979. The zero-order valence-electron chi connectivity index (χ0n) is 15.1. The number of rotatable bonds is 5. The molecule has 0 fully saturated rings. The number of nitrogens with one attached hydrogen (secondary N) is 1. The number of hydrogen-bond donors (Lipinski definition) is 2. The smallest absolute Gasteiger partial charge is 0.255 e. The van der Waals surface area contributed by atoms with Gasteiger partial charge in [-0.2, -0.15) is 0 Å². The summed E-state index contributed by atoms with van der Waals surface area (Å²) in [5, 5.41) is 3.69. The van der Waals surface area contributed by atoms with E-state index in [1.54, 1.807) is 13.2 Å². The van der Waals surface area contributed by atoms with Crippen LogP contribution in [0.25, 0.3) is 10.9 Å². The van der Waals surface area contributed by atoms with Gasteiger partial charge in [-0.05, 0) is 55.8 Å². The number of benzene rings is 2. The topological polar surface area (TPSA) is 69.3 Å². The summed E-state index contributed by atoms with van der Waals surface area (Å²) in [7, 11) is 1.68. The van der Waals surface area contributed by atoms with E-state index in [9.17, 15) is 9.18 Å². The van der Waals surface area contributed by atoms with Crippen LogP contribution in [0.3, 0.4) is 0 Å². The Morgan fingerprint density at radius 1 is 1.23 bits per heavy atom. The van der Waals surface area contributed by atoms with Crippen LogP contribution in [0, 0.1) is 19.7 Å². The van der Waals surface area contributed by atoms with Gasteiger partial charge in [-0.1, -0.05) is 0 Å². The van der Waals surface area contributed by atoms with Crippen LogP contribution < -0.4 is 11.1 Å². The van der Waals surface area contributed by atoms with Crippen molar-refractivity contribution in [1.82, 2.24) is 4.57 Å². The second-order valence-corrected chi connectivity index (χ2v) is 6.27. The van der Waals surface area contributed by atoms with E-state index in [0.29, 0.717) is 17.9 Å². The molecule has 3 aromatic rings. The average Bonchev–Trinajstić information content (AvgIpc) is 2.86. The molecular weight excluding hydrogens is 333 g/mol. The number of carbonyl (C=O) groups is 1. The summed E-state index contributed by atoms with van der Waals surface area (Å²) < 4.78 is 20.8. The molecule has 136 valence electrons. The standard InChI is InChI=1S/C20H22FN3O2/c1-12-13(2)24(8-9-26-3)19-7-4-14(10-16(12)19)20(25)23-18-11-15(21)5-6-17(18)22/h4-7,10-11H,8-9,22H2,1-3H3,(H,23,25). The third-order valence-corrected chi connectivity index (χ3v) is 4.68. The third kappa shape index (κ3) is 3.28. The second kappa shape index (κ2) is 7.17. The minimum Gasteiger partial charge on any atom is -0.397 e. The number of ether oxygens (including phenoxy) is 1. The van der Waals surface area contributed by atoms with E-state index in [1.807, 2.05) is 19.1 Å². The summed E-state index contributed by atoms with van der Waals surface area (Å²) in [5.74, 6) is -0.780. The Balaban J connectivity index is 1.94. The maximum absolute atomic E-state index is 13.4. The van der Waals surface area contributed by atoms with E-state index < -0.39 is 5.82 Å². The van der Waals surface area contributed by atoms with Crippen molar-refractivity contribution < 1.29 is 13.9 Å². The highest BCUT2D eigenvalue weighted by Crippen LogP contribution is 2.27. The molecule has 6 heteroatoms. The fourth-order valence-electron chi connectivity index (χ4n) is 3.09. The first-order valence-corrected chi connectivity index (χ1v) is 8.37. The van der Waals surface area contributed by atoms with Crippen LogP contribution in [0.2, 0.25) is 0 Å². The van der Waals surface area contributed by atoms with Crippen molar-refractivity contribution in [3.8, 4) is 0 Å². The molecule has 0 aliphatic rings. The number of anilines is 2. The average molecular weight is 355 g/mol. The van der Waals surface area contributed by atoms with Gasteiger partial charge in [0.05, 0.1) is 18.0 Å². The first-order chi connectivity index (χ1) is 12.4. The predicted molar refractivity (Wildman–Crippen MR) is 102 cm³/mol. The van der Waals surface area contributed by atoms with Gasteiger partial charge >= 0.3 is 0 Å². The number of carbonyl (C=O) groups excluding carboxylic acids is 1. The third-order valence-electron chi connectivity index (χ3n) is 4.68.